The number of hydrogen-bond donors (Lipinski definition) is 1. The van der Waals surface area contributed by atoms with E-state index in [9.17, 15) is 0 Å². The van der Waals surface area contributed by atoms with Gasteiger partial charge in [-0.2, -0.15) is 0 Å². The first-order valence-corrected chi connectivity index (χ1v) is 5.77. The van der Waals surface area contributed by atoms with Gasteiger partial charge in [0.1, 0.15) is 0 Å². The summed E-state index contributed by atoms with van der Waals surface area (Å²) in [6.07, 6.45) is 2.64. The molecule has 15 heavy (non-hydrogen) atoms. The SMILES string of the molecule is C=C(Cl)CNC(c1ccccc1)C1CC1. The molecule has 1 nitrogen and oxygen atoms in total. The van der Waals surface area contributed by atoms with Crippen LogP contribution in [0.15, 0.2) is 41.9 Å². The van der Waals surface area contributed by atoms with Crippen LogP contribution in [-0.2, 0) is 0 Å². The van der Waals surface area contributed by atoms with E-state index in [2.05, 4.69) is 36.2 Å². The Morgan fingerprint density at radius 2 is 2.07 bits per heavy atom. The number of halogens is 1. The van der Waals surface area contributed by atoms with Gasteiger partial charge in [0, 0.05) is 17.6 Å². The van der Waals surface area contributed by atoms with Gasteiger partial charge in [-0.3, -0.25) is 0 Å². The van der Waals surface area contributed by atoms with Gasteiger partial charge in [0.05, 0.1) is 0 Å². The maximum absolute atomic E-state index is 5.78. The van der Waals surface area contributed by atoms with Crippen molar-refractivity contribution in [3.8, 4) is 0 Å². The molecule has 1 aliphatic rings. The molecule has 0 aliphatic heterocycles. The fraction of sp³-hybridized carbons (Fsp3) is 0.385. The molecule has 1 fully saturated rings. The molecule has 1 aliphatic carbocycles. The van der Waals surface area contributed by atoms with E-state index >= 15 is 0 Å². The summed E-state index contributed by atoms with van der Waals surface area (Å²) in [5.41, 5.74) is 1.36. The van der Waals surface area contributed by atoms with Gasteiger partial charge in [-0.15, -0.1) is 0 Å². The van der Waals surface area contributed by atoms with Crippen molar-refractivity contribution in [2.45, 2.75) is 18.9 Å². The van der Waals surface area contributed by atoms with E-state index in [4.69, 9.17) is 11.6 Å². The Balaban J connectivity index is 2.03. The molecule has 1 unspecified atom stereocenters. The van der Waals surface area contributed by atoms with Crippen molar-refractivity contribution in [1.29, 1.82) is 0 Å². The lowest BCUT2D eigenvalue weighted by Crippen LogP contribution is -2.24. The standard InChI is InChI=1S/C13H16ClN/c1-10(14)9-15-13(12-7-8-12)11-5-3-2-4-6-11/h2-6,12-13,15H,1,7-9H2. The average Bonchev–Trinajstić information content (AvgIpc) is 3.03. The summed E-state index contributed by atoms with van der Waals surface area (Å²) < 4.78 is 0. The third kappa shape index (κ3) is 3.08. The minimum absolute atomic E-state index is 0.446. The molecule has 2 heteroatoms. The van der Waals surface area contributed by atoms with Gasteiger partial charge in [-0.05, 0) is 24.3 Å². The molecule has 1 aromatic carbocycles. The van der Waals surface area contributed by atoms with Crippen LogP contribution in [0.2, 0.25) is 0 Å². The van der Waals surface area contributed by atoms with Gasteiger partial charge in [-0.25, -0.2) is 0 Å². The predicted octanol–water partition coefficient (Wildman–Crippen LogP) is 3.48. The minimum atomic E-state index is 0.446. The van der Waals surface area contributed by atoms with Crippen LogP contribution in [0.3, 0.4) is 0 Å². The highest BCUT2D eigenvalue weighted by Gasteiger charge is 2.31. The van der Waals surface area contributed by atoms with Crippen LogP contribution in [0.5, 0.6) is 0 Å². The van der Waals surface area contributed by atoms with Gasteiger partial charge in [0.25, 0.3) is 0 Å². The summed E-state index contributed by atoms with van der Waals surface area (Å²) in [6.45, 7) is 4.40. The fourth-order valence-electron chi connectivity index (χ4n) is 1.87. The van der Waals surface area contributed by atoms with Crippen LogP contribution >= 0.6 is 11.6 Å². The molecule has 1 N–H and O–H groups in total. The highest BCUT2D eigenvalue weighted by atomic mass is 35.5. The normalized spacial score (nSPS) is 17.4. The number of nitrogens with one attached hydrogen (secondary N) is 1. The first-order chi connectivity index (χ1) is 7.27. The largest absolute Gasteiger partial charge is 0.305 e. The second kappa shape index (κ2) is 4.82. The van der Waals surface area contributed by atoms with Crippen molar-refractivity contribution in [1.82, 2.24) is 5.32 Å². The Hall–Kier alpha value is -0.790. The molecule has 0 aromatic heterocycles. The molecular weight excluding hydrogens is 206 g/mol. The maximum atomic E-state index is 5.78. The zero-order valence-corrected chi connectivity index (χ0v) is 9.50. The summed E-state index contributed by atoms with van der Waals surface area (Å²) in [5, 5.41) is 4.14. The molecule has 0 heterocycles. The molecule has 80 valence electrons. The smallest absolute Gasteiger partial charge is 0.0351 e. The van der Waals surface area contributed by atoms with Gasteiger partial charge < -0.3 is 5.32 Å². The highest BCUT2D eigenvalue weighted by Crippen LogP contribution is 2.40. The van der Waals surface area contributed by atoms with E-state index in [1.165, 1.54) is 18.4 Å². The molecule has 1 aromatic rings. The van der Waals surface area contributed by atoms with Crippen molar-refractivity contribution < 1.29 is 0 Å². The monoisotopic (exact) mass is 221 g/mol. The molecule has 2 rings (SSSR count). The van der Waals surface area contributed by atoms with E-state index in [1.807, 2.05) is 6.07 Å². The Bertz CT molecular complexity index is 330. The molecule has 0 radical (unpaired) electrons. The minimum Gasteiger partial charge on any atom is -0.305 e. The number of rotatable bonds is 5. The van der Waals surface area contributed by atoms with Crippen molar-refractivity contribution in [3.63, 3.8) is 0 Å². The van der Waals surface area contributed by atoms with Crippen molar-refractivity contribution in [2.75, 3.05) is 6.54 Å². The van der Waals surface area contributed by atoms with Crippen LogP contribution in [0.25, 0.3) is 0 Å². The maximum Gasteiger partial charge on any atom is 0.0351 e. The van der Waals surface area contributed by atoms with Gasteiger partial charge in [-0.1, -0.05) is 48.5 Å². The number of hydrogen-bond acceptors (Lipinski definition) is 1. The first-order valence-electron chi connectivity index (χ1n) is 5.39. The highest BCUT2D eigenvalue weighted by molar-refractivity contribution is 6.29. The Morgan fingerprint density at radius 3 is 2.60 bits per heavy atom. The fourth-order valence-corrected chi connectivity index (χ4v) is 1.94. The van der Waals surface area contributed by atoms with E-state index < -0.39 is 0 Å². The van der Waals surface area contributed by atoms with E-state index in [-0.39, 0.29) is 0 Å². The Morgan fingerprint density at radius 1 is 1.40 bits per heavy atom. The molecule has 1 saturated carbocycles. The first kappa shape index (κ1) is 10.7. The number of benzene rings is 1. The molecule has 1 atom stereocenters. The third-order valence-corrected chi connectivity index (χ3v) is 2.90. The summed E-state index contributed by atoms with van der Waals surface area (Å²) in [5.74, 6) is 0.781. The molecule has 0 spiro atoms. The summed E-state index contributed by atoms with van der Waals surface area (Å²) >= 11 is 5.78. The molecular formula is C13H16ClN. The van der Waals surface area contributed by atoms with Gasteiger partial charge in [0.15, 0.2) is 0 Å². The summed E-state index contributed by atoms with van der Waals surface area (Å²) in [6, 6.07) is 11.0. The van der Waals surface area contributed by atoms with Crippen LogP contribution in [0.4, 0.5) is 0 Å². The lowest BCUT2D eigenvalue weighted by Gasteiger charge is -2.18. The zero-order valence-electron chi connectivity index (χ0n) is 8.75. The van der Waals surface area contributed by atoms with E-state index in [0.717, 1.165) is 5.92 Å². The second-order valence-corrected chi connectivity index (χ2v) is 4.66. The average molecular weight is 222 g/mol. The topological polar surface area (TPSA) is 12.0 Å². The van der Waals surface area contributed by atoms with Crippen molar-refractivity contribution in [3.05, 3.63) is 47.5 Å². The van der Waals surface area contributed by atoms with Crippen molar-refractivity contribution >= 4 is 11.6 Å². The van der Waals surface area contributed by atoms with E-state index in [1.54, 1.807) is 0 Å². The van der Waals surface area contributed by atoms with Crippen molar-refractivity contribution in [2.24, 2.45) is 5.92 Å². The second-order valence-electron chi connectivity index (χ2n) is 4.12. The third-order valence-electron chi connectivity index (χ3n) is 2.77. The van der Waals surface area contributed by atoms with E-state index in [0.29, 0.717) is 17.6 Å². The lowest BCUT2D eigenvalue weighted by molar-refractivity contribution is 0.506. The quantitative estimate of drug-likeness (QED) is 0.803. The van der Waals surface area contributed by atoms with Crippen LogP contribution in [0, 0.1) is 5.92 Å². The predicted molar refractivity (Wildman–Crippen MR) is 64.9 cm³/mol. The Labute approximate surface area is 96.1 Å². The van der Waals surface area contributed by atoms with Gasteiger partial charge in [0.2, 0.25) is 0 Å². The zero-order chi connectivity index (χ0) is 10.7. The lowest BCUT2D eigenvalue weighted by atomic mass is 10.0. The molecule has 0 saturated heterocycles. The van der Waals surface area contributed by atoms with Gasteiger partial charge >= 0.3 is 0 Å². The van der Waals surface area contributed by atoms with Crippen LogP contribution in [0.1, 0.15) is 24.4 Å². The molecule has 0 bridgehead atoms. The van der Waals surface area contributed by atoms with Crippen LogP contribution < -0.4 is 5.32 Å². The Kier molecular flexibility index (Phi) is 3.45. The van der Waals surface area contributed by atoms with Crippen LogP contribution in [-0.4, -0.2) is 6.54 Å². The summed E-state index contributed by atoms with van der Waals surface area (Å²) in [7, 11) is 0. The molecule has 0 amide bonds. The summed E-state index contributed by atoms with van der Waals surface area (Å²) in [4.78, 5) is 0.